The van der Waals surface area contributed by atoms with Crippen LogP contribution in [0.2, 0.25) is 0 Å². The number of para-hydroxylation sites is 2. The van der Waals surface area contributed by atoms with Crippen LogP contribution >= 0.6 is 0 Å². The molecule has 7 unspecified atom stereocenters. The summed E-state index contributed by atoms with van der Waals surface area (Å²) in [4.78, 5) is 43.5. The van der Waals surface area contributed by atoms with Gasteiger partial charge in [0.05, 0.1) is 50.7 Å². The highest BCUT2D eigenvalue weighted by atomic mass is 16.1. The van der Waals surface area contributed by atoms with Crippen LogP contribution in [-0.2, 0) is 0 Å². The molecule has 0 N–H and O–H groups in total. The summed E-state index contributed by atoms with van der Waals surface area (Å²) < 4.78 is 6.34. The average Bonchev–Trinajstić information content (AvgIpc) is 3.94. The summed E-state index contributed by atoms with van der Waals surface area (Å²) in [5.41, 5.74) is 12.2. The highest BCUT2D eigenvalue weighted by Gasteiger charge is 2.66. The van der Waals surface area contributed by atoms with Crippen LogP contribution in [-0.4, -0.2) is 23.5 Å². The molecule has 0 aliphatic heterocycles. The number of rotatable bonds is 2. The zero-order valence-electron chi connectivity index (χ0n) is 34.4. The van der Waals surface area contributed by atoms with Gasteiger partial charge in [-0.25, -0.2) is 0 Å². The second-order valence-corrected chi connectivity index (χ2v) is 21.3. The lowest BCUT2D eigenvalue weighted by atomic mass is 9.56. The molecule has 4 aromatic carbocycles. The predicted octanol–water partition coefficient (Wildman–Crippen LogP) is 11.6. The van der Waals surface area contributed by atoms with E-state index < -0.39 is 0 Å². The highest BCUT2D eigenvalue weighted by Crippen LogP contribution is 2.76. The van der Waals surface area contributed by atoms with Crippen molar-refractivity contribution in [2.24, 2.45) is 29.1 Å². The van der Waals surface area contributed by atoms with Crippen LogP contribution in [0.5, 0.6) is 0 Å². The molecule has 7 atom stereocenters. The summed E-state index contributed by atoms with van der Waals surface area (Å²) in [5.74, 6) is 4.83. The van der Waals surface area contributed by atoms with Crippen molar-refractivity contribution in [3.8, 4) is 11.4 Å². The molecule has 300 valence electrons. The number of aromatic nitrogens is 5. The van der Waals surface area contributed by atoms with Crippen molar-refractivity contribution >= 4 is 70.7 Å². The van der Waals surface area contributed by atoms with E-state index in [1.54, 1.807) is 0 Å². The molecule has 7 nitrogen and oxygen atoms in total. The van der Waals surface area contributed by atoms with Crippen LogP contribution in [0, 0.1) is 29.1 Å². The fraction of sp³-hybridized carbons (Fsp3) is 0.345. The first-order chi connectivity index (χ1) is 30.5. The number of hydrogen-bond acceptors (Lipinski definition) is 4. The smallest absolute Gasteiger partial charge is 0.264 e. The molecule has 8 aliphatic rings. The zero-order chi connectivity index (χ0) is 40.1. The van der Waals surface area contributed by atoms with Crippen molar-refractivity contribution in [1.82, 2.24) is 23.5 Å². The average molecular weight is 806 g/mol. The maximum atomic E-state index is 16.2. The second-order valence-electron chi connectivity index (χ2n) is 21.3. The van der Waals surface area contributed by atoms with Gasteiger partial charge >= 0.3 is 0 Å². The Kier molecular flexibility index (Phi) is 5.56. The summed E-state index contributed by atoms with van der Waals surface area (Å²) >= 11 is 0. The Morgan fingerprint density at radius 2 is 0.984 bits per heavy atom. The standard InChI is InChI=1S/C55H43N5O2/c61-53-48-45-42-36(58(53)34-8-3-1-4-9-34)12-7-13-37(42)59(35-10-5-2-6-11-35)54(62)49(45)47-44-39(25-57-51-31-20-33-21-32-19-30(41(44)51)22-55(32,33)23-31)60-38-24-56-50-29-17-26-14-27(18-29)16-28(15-26)40(50)43(38)46(48)52(47)60/h1-13,24-33H,14-23H2. The Labute approximate surface area is 355 Å². The third kappa shape index (κ3) is 3.49. The van der Waals surface area contributed by atoms with Crippen molar-refractivity contribution in [2.45, 2.75) is 87.9 Å². The molecule has 6 aromatic heterocycles. The van der Waals surface area contributed by atoms with E-state index in [2.05, 4.69) is 41.1 Å². The number of hydrogen-bond donors (Lipinski definition) is 0. The Bertz CT molecular complexity index is 3800. The SMILES string of the molecule is O=c1c2c3c(c(=O)n(-c4ccccc4)c4cccc(c34)n1-c1ccccc1)c1c3c4c(ncc3n3c5cnc6c(c5c2c13)C1CC2CC(CC6C2)C1)C1CC2CC3CC4CC23C1. The lowest BCUT2D eigenvalue weighted by Gasteiger charge is -2.48. The Hall–Kier alpha value is -6.08. The summed E-state index contributed by atoms with van der Waals surface area (Å²) in [6.07, 6.45) is 16.8. The Balaban J connectivity index is 1.18. The van der Waals surface area contributed by atoms with Crippen molar-refractivity contribution in [1.29, 1.82) is 0 Å². The normalized spacial score (nSPS) is 30.1. The molecule has 18 rings (SSSR count). The summed E-state index contributed by atoms with van der Waals surface area (Å²) in [5, 5.41) is 7.66. The van der Waals surface area contributed by atoms with Gasteiger partial charge in [-0.2, -0.15) is 0 Å². The molecular formula is C55H43N5O2. The molecule has 5 fully saturated rings. The third-order valence-corrected chi connectivity index (χ3v) is 18.9. The molecule has 7 bridgehead atoms. The minimum atomic E-state index is -0.0589. The van der Waals surface area contributed by atoms with Crippen LogP contribution < -0.4 is 11.1 Å². The first kappa shape index (κ1) is 32.6. The fourth-order valence-electron chi connectivity index (χ4n) is 17.1. The fourth-order valence-corrected chi connectivity index (χ4v) is 17.1. The molecule has 62 heavy (non-hydrogen) atoms. The van der Waals surface area contributed by atoms with Crippen LogP contribution in [0.3, 0.4) is 0 Å². The highest BCUT2D eigenvalue weighted by molar-refractivity contribution is 6.42. The summed E-state index contributed by atoms with van der Waals surface area (Å²) in [6.45, 7) is 0. The molecule has 0 saturated heterocycles. The van der Waals surface area contributed by atoms with Crippen molar-refractivity contribution in [2.75, 3.05) is 0 Å². The molecule has 1 spiro atoms. The lowest BCUT2D eigenvalue weighted by Crippen LogP contribution is -2.41. The van der Waals surface area contributed by atoms with Crippen molar-refractivity contribution in [3.05, 3.63) is 134 Å². The molecule has 7 heteroatoms. The van der Waals surface area contributed by atoms with Gasteiger partial charge in [-0.05, 0) is 153 Å². The number of pyridine rings is 4. The van der Waals surface area contributed by atoms with Gasteiger partial charge in [0.2, 0.25) is 0 Å². The van der Waals surface area contributed by atoms with E-state index in [9.17, 15) is 0 Å². The van der Waals surface area contributed by atoms with Crippen LogP contribution in [0.4, 0.5) is 0 Å². The zero-order valence-corrected chi connectivity index (χ0v) is 34.4. The maximum Gasteiger partial charge on any atom is 0.264 e. The van der Waals surface area contributed by atoms with E-state index in [1.165, 1.54) is 97.5 Å². The van der Waals surface area contributed by atoms with E-state index in [0.29, 0.717) is 39.9 Å². The van der Waals surface area contributed by atoms with Gasteiger partial charge in [0.15, 0.2) is 0 Å². The minimum Gasteiger partial charge on any atom is -0.305 e. The largest absolute Gasteiger partial charge is 0.305 e. The Morgan fingerprint density at radius 3 is 1.60 bits per heavy atom. The van der Waals surface area contributed by atoms with Crippen LogP contribution in [0.25, 0.3) is 82.0 Å². The van der Waals surface area contributed by atoms with E-state index in [1.807, 2.05) is 63.7 Å². The van der Waals surface area contributed by atoms with Gasteiger partial charge < -0.3 is 4.40 Å². The first-order valence-corrected chi connectivity index (χ1v) is 23.6. The minimum absolute atomic E-state index is 0.0571. The van der Waals surface area contributed by atoms with Gasteiger partial charge in [0.25, 0.3) is 11.1 Å². The molecule has 6 heterocycles. The monoisotopic (exact) mass is 805 g/mol. The van der Waals surface area contributed by atoms with Gasteiger partial charge in [0.1, 0.15) is 0 Å². The quantitative estimate of drug-likeness (QED) is 0.163. The van der Waals surface area contributed by atoms with Crippen LogP contribution in [0.1, 0.15) is 110 Å². The van der Waals surface area contributed by atoms with E-state index in [0.717, 1.165) is 84.2 Å². The summed E-state index contributed by atoms with van der Waals surface area (Å²) in [6, 6.07) is 26.5. The Morgan fingerprint density at radius 1 is 0.452 bits per heavy atom. The molecular weight excluding hydrogens is 763 g/mol. The molecule has 5 saturated carbocycles. The van der Waals surface area contributed by atoms with Gasteiger partial charge in [0, 0.05) is 66.9 Å². The van der Waals surface area contributed by atoms with E-state index >= 15 is 9.59 Å². The van der Waals surface area contributed by atoms with Gasteiger partial charge in [-0.1, -0.05) is 42.5 Å². The number of fused-ring (bicyclic) bond motifs is 14. The molecule has 10 aromatic rings. The summed E-state index contributed by atoms with van der Waals surface area (Å²) in [7, 11) is 0. The van der Waals surface area contributed by atoms with Crippen molar-refractivity contribution in [3.63, 3.8) is 0 Å². The van der Waals surface area contributed by atoms with E-state index in [4.69, 9.17) is 9.97 Å². The molecule has 0 amide bonds. The van der Waals surface area contributed by atoms with Crippen LogP contribution in [0.15, 0.2) is 101 Å². The van der Waals surface area contributed by atoms with Gasteiger partial charge in [-0.15, -0.1) is 0 Å². The number of benzene rings is 4. The predicted molar refractivity (Wildman–Crippen MR) is 245 cm³/mol. The van der Waals surface area contributed by atoms with Crippen molar-refractivity contribution < 1.29 is 0 Å². The second kappa shape index (κ2) is 10.6. The lowest BCUT2D eigenvalue weighted by molar-refractivity contribution is 0.00321. The molecule has 8 aliphatic carbocycles. The first-order valence-electron chi connectivity index (χ1n) is 23.6. The number of nitrogens with zero attached hydrogens (tertiary/aromatic N) is 5. The van der Waals surface area contributed by atoms with E-state index in [-0.39, 0.29) is 11.1 Å². The topological polar surface area (TPSA) is 74.2 Å². The maximum absolute atomic E-state index is 16.2. The molecule has 0 radical (unpaired) electrons. The third-order valence-electron chi connectivity index (χ3n) is 18.9. The van der Waals surface area contributed by atoms with Gasteiger partial charge in [-0.3, -0.25) is 28.7 Å².